The molecule has 0 spiro atoms. The van der Waals surface area contributed by atoms with Gasteiger partial charge in [-0.25, -0.2) is 19.1 Å². The Labute approximate surface area is 299 Å². The standard InChI is InChI=1S/C28H29N11O11S2/c1-11(26(45)46)50-36-18(14-9-52-28(30)34-14)23(43)35-19-24(44)39-20(27(47)48)12(8-51-25(19)39)5-37-6-13(21(29)33-10-37)31-2-3-32-22(42)15-4-16(40)17(41)7-38(15)49/h4,6-7,9-11,19,25,29,31,49H,2-3,5,8H2,1H3,(H7,30,32,34,35,41,42,43,45,46,47,48)/p+1/b36-18-/t11-,19+,25?/m0/s1. The number of fused-ring (bicyclic) bond motifs is 1. The number of carboxylic acid groups (broad SMARTS) is 2. The highest BCUT2D eigenvalue weighted by molar-refractivity contribution is 8.00. The summed E-state index contributed by atoms with van der Waals surface area (Å²) in [6.45, 7) is 1.29. The van der Waals surface area contributed by atoms with Crippen LogP contribution in [-0.2, 0) is 30.6 Å². The Morgan fingerprint density at radius 3 is 2.63 bits per heavy atom. The fourth-order valence-corrected chi connectivity index (χ4v) is 6.74. The Morgan fingerprint density at radius 2 is 1.96 bits per heavy atom. The van der Waals surface area contributed by atoms with Crippen LogP contribution < -0.4 is 37.4 Å². The molecule has 2 aliphatic heterocycles. The minimum atomic E-state index is -1.41. The van der Waals surface area contributed by atoms with Crippen LogP contribution in [0.1, 0.15) is 23.1 Å². The molecule has 52 heavy (non-hydrogen) atoms. The van der Waals surface area contributed by atoms with Gasteiger partial charge in [0.05, 0.1) is 6.20 Å². The first kappa shape index (κ1) is 36.8. The highest BCUT2D eigenvalue weighted by atomic mass is 32.2. The largest absolute Gasteiger partial charge is 0.503 e. The lowest BCUT2D eigenvalue weighted by Crippen LogP contribution is -2.71. The highest BCUT2D eigenvalue weighted by Crippen LogP contribution is 2.40. The SMILES string of the molecule is C[C@H](O/N=C(\C(=O)N[C@@H]1C(=O)N2C(C(=O)O)=C(C[n+]3cnc(N)c(NCCNC(=O)c4cc(=O)c(O)cn4O)c3)CSC12)c1csc(N)n1)C(=O)O. The number of anilines is 3. The number of hydrogen-bond donors (Lipinski definition) is 9. The number of pyridine rings is 1. The van der Waals surface area contributed by atoms with Gasteiger partial charge in [-0.2, -0.15) is 4.73 Å². The number of β-lactam (4-membered cyclic amide) rings is 1. The van der Waals surface area contributed by atoms with Crippen LogP contribution in [0.3, 0.4) is 0 Å². The van der Waals surface area contributed by atoms with Gasteiger partial charge < -0.3 is 52.8 Å². The molecule has 3 amide bonds. The van der Waals surface area contributed by atoms with Gasteiger partial charge in [-0.05, 0) is 11.9 Å². The first-order chi connectivity index (χ1) is 24.7. The van der Waals surface area contributed by atoms with Gasteiger partial charge in [0.25, 0.3) is 29.9 Å². The minimum absolute atomic E-state index is 0.00299. The molecule has 5 heterocycles. The number of carboxylic acids is 2. The summed E-state index contributed by atoms with van der Waals surface area (Å²) in [4.78, 5) is 88.2. The second-order valence-corrected chi connectivity index (χ2v) is 13.0. The second kappa shape index (κ2) is 15.2. The maximum Gasteiger partial charge on any atom is 0.352 e. The molecule has 1 saturated heterocycles. The second-order valence-electron chi connectivity index (χ2n) is 11.0. The zero-order valence-corrected chi connectivity index (χ0v) is 28.4. The number of aliphatic carboxylic acids is 2. The van der Waals surface area contributed by atoms with E-state index in [1.165, 1.54) is 35.0 Å². The molecule has 11 N–H and O–H groups in total. The van der Waals surface area contributed by atoms with Crippen molar-refractivity contribution in [3.63, 3.8) is 0 Å². The monoisotopic (exact) mass is 760 g/mol. The molecule has 22 nitrogen and oxygen atoms in total. The van der Waals surface area contributed by atoms with E-state index in [1.807, 2.05) is 0 Å². The number of amides is 3. The van der Waals surface area contributed by atoms with Crippen molar-refractivity contribution in [1.29, 1.82) is 0 Å². The van der Waals surface area contributed by atoms with Gasteiger partial charge in [0.15, 0.2) is 16.6 Å². The van der Waals surface area contributed by atoms with E-state index in [-0.39, 0.29) is 47.7 Å². The van der Waals surface area contributed by atoms with Crippen molar-refractivity contribution >= 4 is 75.1 Å². The molecule has 0 saturated carbocycles. The van der Waals surface area contributed by atoms with Crippen molar-refractivity contribution in [2.75, 3.05) is 35.6 Å². The summed E-state index contributed by atoms with van der Waals surface area (Å²) in [5, 5.41) is 50.7. The lowest BCUT2D eigenvalue weighted by atomic mass is 10.0. The molecule has 0 bridgehead atoms. The van der Waals surface area contributed by atoms with Gasteiger partial charge in [0, 0.05) is 35.9 Å². The van der Waals surface area contributed by atoms with Gasteiger partial charge >= 0.3 is 11.9 Å². The smallest absolute Gasteiger partial charge is 0.352 e. The summed E-state index contributed by atoms with van der Waals surface area (Å²) in [5.74, 6) is -5.67. The van der Waals surface area contributed by atoms with Crippen LogP contribution in [0, 0.1) is 0 Å². The number of nitrogens with one attached hydrogen (secondary N) is 3. The van der Waals surface area contributed by atoms with Gasteiger partial charge in [-0.1, -0.05) is 5.16 Å². The topological polar surface area (TPSA) is 331 Å². The molecule has 1 fully saturated rings. The highest BCUT2D eigenvalue weighted by Gasteiger charge is 2.54. The molecule has 2 aliphatic rings. The van der Waals surface area contributed by atoms with Crippen LogP contribution >= 0.6 is 23.1 Å². The number of thioether (sulfide) groups is 1. The molecular weight excluding hydrogens is 731 g/mol. The van der Waals surface area contributed by atoms with E-state index in [2.05, 4.69) is 31.1 Å². The van der Waals surface area contributed by atoms with Crippen LogP contribution in [0.15, 0.2) is 51.4 Å². The number of aromatic hydroxyl groups is 1. The number of nitrogens with two attached hydrogens (primary N) is 2. The van der Waals surface area contributed by atoms with Gasteiger partial charge in [0.1, 0.15) is 46.9 Å². The number of nitrogen functional groups attached to an aromatic ring is 2. The number of oxime groups is 1. The third-order valence-electron chi connectivity index (χ3n) is 7.43. The van der Waals surface area contributed by atoms with E-state index in [0.717, 1.165) is 22.3 Å². The summed E-state index contributed by atoms with van der Waals surface area (Å²) in [6, 6.07) is -0.391. The fourth-order valence-electron chi connectivity index (χ4n) is 4.85. The minimum Gasteiger partial charge on any atom is -0.503 e. The average Bonchev–Trinajstić information content (AvgIpc) is 3.53. The summed E-state index contributed by atoms with van der Waals surface area (Å²) in [5.41, 5.74) is 10.3. The lowest BCUT2D eigenvalue weighted by molar-refractivity contribution is -0.691. The van der Waals surface area contributed by atoms with E-state index in [0.29, 0.717) is 22.2 Å². The summed E-state index contributed by atoms with van der Waals surface area (Å²) in [7, 11) is 0. The number of nitrogens with zero attached hydrogens (tertiary/aromatic N) is 6. The van der Waals surface area contributed by atoms with Crippen LogP contribution in [0.2, 0.25) is 0 Å². The third kappa shape index (κ3) is 7.81. The van der Waals surface area contributed by atoms with Crippen molar-refractivity contribution in [2.24, 2.45) is 5.16 Å². The molecule has 24 heteroatoms. The maximum atomic E-state index is 13.3. The van der Waals surface area contributed by atoms with Gasteiger partial charge in [-0.15, -0.1) is 23.1 Å². The first-order valence-corrected chi connectivity index (χ1v) is 16.8. The number of thiazole rings is 1. The molecule has 0 radical (unpaired) electrons. The summed E-state index contributed by atoms with van der Waals surface area (Å²) in [6.07, 6.45) is 2.18. The van der Waals surface area contributed by atoms with Crippen LogP contribution in [-0.4, -0.2) is 112 Å². The number of aromatic nitrogens is 4. The van der Waals surface area contributed by atoms with Crippen molar-refractivity contribution in [3.05, 3.63) is 63.0 Å². The molecule has 0 aromatic carbocycles. The van der Waals surface area contributed by atoms with Crippen LogP contribution in [0.25, 0.3) is 0 Å². The zero-order chi connectivity index (χ0) is 37.9. The molecule has 1 unspecified atom stereocenters. The molecule has 3 aromatic heterocycles. The molecular formula is C28H30N11O11S2+. The Kier molecular flexibility index (Phi) is 10.8. The van der Waals surface area contributed by atoms with Crippen molar-refractivity contribution < 1.29 is 53.9 Å². The summed E-state index contributed by atoms with van der Waals surface area (Å²) < 4.78 is 1.84. The number of hydrogen-bond acceptors (Lipinski definition) is 17. The normalized spacial score (nSPS) is 17.4. The quantitative estimate of drug-likeness (QED) is 0.0206. The predicted octanol–water partition coefficient (Wildman–Crippen LogP) is -2.43. The van der Waals surface area contributed by atoms with Gasteiger partial charge in [-0.3, -0.25) is 24.1 Å². The molecule has 274 valence electrons. The molecule has 3 aromatic rings. The Hall–Kier alpha value is -6.43. The van der Waals surface area contributed by atoms with E-state index < -0.39 is 69.8 Å². The number of carbonyl (C=O) groups is 5. The predicted molar refractivity (Wildman–Crippen MR) is 180 cm³/mol. The first-order valence-electron chi connectivity index (χ1n) is 14.9. The lowest BCUT2D eigenvalue weighted by Gasteiger charge is -2.49. The molecule has 0 aliphatic carbocycles. The van der Waals surface area contributed by atoms with E-state index in [1.54, 1.807) is 6.20 Å². The maximum absolute atomic E-state index is 13.3. The van der Waals surface area contributed by atoms with Crippen LogP contribution in [0.5, 0.6) is 5.75 Å². The fraction of sp³-hybridized carbons (Fsp3) is 0.286. The van der Waals surface area contributed by atoms with E-state index in [4.69, 9.17) is 21.4 Å². The van der Waals surface area contributed by atoms with Crippen molar-refractivity contribution in [3.8, 4) is 5.75 Å². The van der Waals surface area contributed by atoms with E-state index in [9.17, 15) is 44.2 Å². The third-order valence-corrected chi connectivity index (χ3v) is 9.44. The number of rotatable bonds is 14. The van der Waals surface area contributed by atoms with Crippen molar-refractivity contribution in [1.82, 2.24) is 30.2 Å². The van der Waals surface area contributed by atoms with Crippen LogP contribution in [0.4, 0.5) is 16.6 Å². The zero-order valence-electron chi connectivity index (χ0n) is 26.7. The van der Waals surface area contributed by atoms with Gasteiger partial charge in [0.2, 0.25) is 11.5 Å². The molecule has 3 atom stereocenters. The summed E-state index contributed by atoms with van der Waals surface area (Å²) >= 11 is 2.18. The Balaban J connectivity index is 1.24. The van der Waals surface area contributed by atoms with E-state index >= 15 is 0 Å². The Morgan fingerprint density at radius 1 is 1.21 bits per heavy atom. The molecule has 5 rings (SSSR count). The average molecular weight is 761 g/mol. The Bertz CT molecular complexity index is 2080. The number of carbonyl (C=O) groups excluding carboxylic acids is 3. The van der Waals surface area contributed by atoms with Crippen molar-refractivity contribution in [2.45, 2.75) is 31.0 Å².